The van der Waals surface area contributed by atoms with Crippen LogP contribution in [0.4, 0.5) is 0 Å². The number of nitrogens with one attached hydrogen (secondary N) is 2. The minimum absolute atomic E-state index is 0.715. The van der Waals surface area contributed by atoms with E-state index in [1.807, 2.05) is 5.01 Å². The molecule has 0 radical (unpaired) electrons. The lowest BCUT2D eigenvalue weighted by atomic mass is 10.1. The van der Waals surface area contributed by atoms with Crippen molar-refractivity contribution in [3.63, 3.8) is 0 Å². The minimum atomic E-state index is 0.715. The molecule has 3 heteroatoms. The van der Waals surface area contributed by atoms with E-state index in [1.165, 1.54) is 5.70 Å². The normalized spacial score (nSPS) is 17.1. The molecule has 0 unspecified atom stereocenters. The average Bonchev–Trinajstić information content (AvgIpc) is 2.34. The first kappa shape index (κ1) is 8.40. The molecule has 1 heterocycles. The first-order chi connectivity index (χ1) is 5.22. The highest BCUT2D eigenvalue weighted by atomic mass is 15.7. The highest BCUT2D eigenvalue weighted by Crippen LogP contribution is 2.10. The number of rotatable bonds is 3. The lowest BCUT2D eigenvalue weighted by molar-refractivity contribution is 0.283. The van der Waals surface area contributed by atoms with Crippen LogP contribution in [-0.4, -0.2) is 11.6 Å². The van der Waals surface area contributed by atoms with Gasteiger partial charge in [0.15, 0.2) is 0 Å². The van der Waals surface area contributed by atoms with Gasteiger partial charge in [-0.1, -0.05) is 13.8 Å². The molecule has 0 aliphatic carbocycles. The first-order valence-electron chi connectivity index (χ1n) is 4.21. The van der Waals surface area contributed by atoms with Gasteiger partial charge < -0.3 is 5.43 Å². The summed E-state index contributed by atoms with van der Waals surface area (Å²) in [5.41, 5.74) is 7.46. The number of hydrogen-bond acceptors (Lipinski definition) is 3. The molecule has 0 saturated heterocycles. The van der Waals surface area contributed by atoms with Crippen LogP contribution in [0.15, 0.2) is 11.9 Å². The smallest absolute Gasteiger partial charge is 0.0456 e. The number of hydrogen-bond donors (Lipinski definition) is 2. The molecule has 1 aliphatic rings. The van der Waals surface area contributed by atoms with Crippen LogP contribution in [0.5, 0.6) is 0 Å². The molecule has 0 aromatic rings. The van der Waals surface area contributed by atoms with Crippen LogP contribution in [-0.2, 0) is 0 Å². The zero-order chi connectivity index (χ0) is 8.27. The average molecular weight is 155 g/mol. The Kier molecular flexibility index (Phi) is 2.76. The van der Waals surface area contributed by atoms with E-state index in [4.69, 9.17) is 0 Å². The summed E-state index contributed by atoms with van der Waals surface area (Å²) >= 11 is 0. The quantitative estimate of drug-likeness (QED) is 0.641. The van der Waals surface area contributed by atoms with E-state index >= 15 is 0 Å². The SMILES string of the molecule is CCN1C=C(CC(C)C)NN1. The molecule has 0 fully saturated rings. The third kappa shape index (κ3) is 2.42. The van der Waals surface area contributed by atoms with Crippen LogP contribution in [0, 0.1) is 5.92 Å². The molecule has 0 atom stereocenters. The number of nitrogens with zero attached hydrogens (tertiary/aromatic N) is 1. The molecule has 0 bridgehead atoms. The lowest BCUT2D eigenvalue weighted by Crippen LogP contribution is -2.36. The van der Waals surface area contributed by atoms with Gasteiger partial charge in [0.2, 0.25) is 0 Å². The molecule has 2 N–H and O–H groups in total. The van der Waals surface area contributed by atoms with Gasteiger partial charge in [-0.05, 0) is 19.3 Å². The maximum atomic E-state index is 3.13. The molecule has 3 nitrogen and oxygen atoms in total. The molecular formula is C8H17N3. The fraction of sp³-hybridized carbons (Fsp3) is 0.750. The van der Waals surface area contributed by atoms with Crippen LogP contribution < -0.4 is 11.0 Å². The van der Waals surface area contributed by atoms with Crippen molar-refractivity contribution in [3.05, 3.63) is 11.9 Å². The predicted octanol–water partition coefficient (Wildman–Crippen LogP) is 1.22. The molecule has 0 saturated carbocycles. The molecular weight excluding hydrogens is 138 g/mol. The Labute approximate surface area is 68.4 Å². The Bertz CT molecular complexity index is 151. The Balaban J connectivity index is 2.36. The van der Waals surface area contributed by atoms with E-state index in [0.717, 1.165) is 13.0 Å². The van der Waals surface area contributed by atoms with Crippen molar-refractivity contribution in [1.29, 1.82) is 0 Å². The number of hydrazine groups is 2. The molecule has 0 aromatic carbocycles. The van der Waals surface area contributed by atoms with Gasteiger partial charge in [-0.15, -0.1) is 5.53 Å². The molecule has 0 amide bonds. The van der Waals surface area contributed by atoms with Gasteiger partial charge >= 0.3 is 0 Å². The van der Waals surface area contributed by atoms with Gasteiger partial charge in [0, 0.05) is 18.4 Å². The van der Waals surface area contributed by atoms with Crippen LogP contribution in [0.2, 0.25) is 0 Å². The van der Waals surface area contributed by atoms with Gasteiger partial charge in [0.1, 0.15) is 0 Å². The van der Waals surface area contributed by atoms with Crippen molar-refractivity contribution >= 4 is 0 Å². The fourth-order valence-electron chi connectivity index (χ4n) is 1.11. The van der Waals surface area contributed by atoms with Crippen LogP contribution in [0.1, 0.15) is 27.2 Å². The van der Waals surface area contributed by atoms with Gasteiger partial charge in [-0.25, -0.2) is 0 Å². The summed E-state index contributed by atoms with van der Waals surface area (Å²) in [6.07, 6.45) is 3.24. The zero-order valence-corrected chi connectivity index (χ0v) is 7.52. The summed E-state index contributed by atoms with van der Waals surface area (Å²) in [7, 11) is 0. The Morgan fingerprint density at radius 2 is 2.27 bits per heavy atom. The van der Waals surface area contributed by atoms with E-state index < -0.39 is 0 Å². The van der Waals surface area contributed by atoms with Crippen molar-refractivity contribution < 1.29 is 0 Å². The summed E-state index contributed by atoms with van der Waals surface area (Å²) in [5, 5.41) is 2.04. The van der Waals surface area contributed by atoms with Gasteiger partial charge in [-0.2, -0.15) is 0 Å². The van der Waals surface area contributed by atoms with Gasteiger partial charge in [0.05, 0.1) is 0 Å². The molecule has 1 aliphatic heterocycles. The maximum Gasteiger partial charge on any atom is 0.0456 e. The second-order valence-electron chi connectivity index (χ2n) is 3.28. The molecule has 64 valence electrons. The minimum Gasteiger partial charge on any atom is -0.306 e. The predicted molar refractivity (Wildman–Crippen MR) is 46.2 cm³/mol. The third-order valence-electron chi connectivity index (χ3n) is 1.64. The lowest BCUT2D eigenvalue weighted by Gasteiger charge is -2.10. The van der Waals surface area contributed by atoms with Crippen molar-refractivity contribution in [3.8, 4) is 0 Å². The van der Waals surface area contributed by atoms with E-state index in [1.54, 1.807) is 0 Å². The van der Waals surface area contributed by atoms with Crippen molar-refractivity contribution in [2.45, 2.75) is 27.2 Å². The van der Waals surface area contributed by atoms with E-state index in [2.05, 4.69) is 37.9 Å². The number of allylic oxidation sites excluding steroid dienone is 1. The second-order valence-corrected chi connectivity index (χ2v) is 3.28. The zero-order valence-electron chi connectivity index (χ0n) is 7.52. The van der Waals surface area contributed by atoms with E-state index in [9.17, 15) is 0 Å². The van der Waals surface area contributed by atoms with Crippen molar-refractivity contribution in [1.82, 2.24) is 16.0 Å². The van der Waals surface area contributed by atoms with Gasteiger partial charge in [0.25, 0.3) is 0 Å². The van der Waals surface area contributed by atoms with Crippen LogP contribution >= 0.6 is 0 Å². The first-order valence-corrected chi connectivity index (χ1v) is 4.21. The highest BCUT2D eigenvalue weighted by molar-refractivity contribution is 5.01. The molecule has 0 aromatic heterocycles. The fourth-order valence-corrected chi connectivity index (χ4v) is 1.11. The molecule has 11 heavy (non-hydrogen) atoms. The summed E-state index contributed by atoms with van der Waals surface area (Å²) in [5.74, 6) is 0.715. The standard InChI is InChI=1S/C8H17N3/c1-4-11-6-8(9-10-11)5-7(2)3/h6-7,9-10H,4-5H2,1-3H3. The Morgan fingerprint density at radius 3 is 2.73 bits per heavy atom. The van der Waals surface area contributed by atoms with Gasteiger partial charge in [-0.3, -0.25) is 5.01 Å². The monoisotopic (exact) mass is 155 g/mol. The second kappa shape index (κ2) is 3.62. The highest BCUT2D eigenvalue weighted by Gasteiger charge is 2.09. The summed E-state index contributed by atoms with van der Waals surface area (Å²) < 4.78 is 0. The van der Waals surface area contributed by atoms with Crippen molar-refractivity contribution in [2.75, 3.05) is 6.54 Å². The van der Waals surface area contributed by atoms with E-state index in [0.29, 0.717) is 5.92 Å². The van der Waals surface area contributed by atoms with Crippen LogP contribution in [0.3, 0.4) is 0 Å². The summed E-state index contributed by atoms with van der Waals surface area (Å²) in [6, 6.07) is 0. The van der Waals surface area contributed by atoms with Crippen molar-refractivity contribution in [2.24, 2.45) is 5.92 Å². The Hall–Kier alpha value is -0.700. The largest absolute Gasteiger partial charge is 0.306 e. The summed E-state index contributed by atoms with van der Waals surface area (Å²) in [4.78, 5) is 0. The maximum absolute atomic E-state index is 3.13. The Morgan fingerprint density at radius 1 is 1.55 bits per heavy atom. The molecule has 1 rings (SSSR count). The molecule has 0 spiro atoms. The van der Waals surface area contributed by atoms with E-state index in [-0.39, 0.29) is 0 Å². The third-order valence-corrected chi connectivity index (χ3v) is 1.64. The van der Waals surface area contributed by atoms with Crippen LogP contribution in [0.25, 0.3) is 0 Å². The summed E-state index contributed by atoms with van der Waals surface area (Å²) in [6.45, 7) is 7.55. The topological polar surface area (TPSA) is 27.3 Å².